The highest BCUT2D eigenvalue weighted by atomic mass is 16.7. The smallest absolute Gasteiger partial charge is 0.352 e. The van der Waals surface area contributed by atoms with Crippen molar-refractivity contribution in [3.63, 3.8) is 0 Å². The molecule has 4 rings (SSSR count). The van der Waals surface area contributed by atoms with Gasteiger partial charge in [-0.2, -0.15) is 10.2 Å². The van der Waals surface area contributed by atoms with Crippen LogP contribution in [0.1, 0.15) is 34.6 Å². The summed E-state index contributed by atoms with van der Waals surface area (Å²) in [5, 5.41) is 10.3. The highest BCUT2D eigenvalue weighted by molar-refractivity contribution is 5.90. The SMILES string of the molecule is CC(=O)O[C@H]1[C@H](OC(=O)c2ccccc2)[C@@H]([C@@H](C)OC(=O)c2ccccc2)O[C@@]1(C#N)n1ccc(N)nc1=O. The predicted octanol–water partition coefficient (Wildman–Crippen LogP) is 1.80. The van der Waals surface area contributed by atoms with Gasteiger partial charge in [-0.15, -0.1) is 0 Å². The lowest BCUT2D eigenvalue weighted by molar-refractivity contribution is -0.166. The first kappa shape index (κ1) is 27.0. The van der Waals surface area contributed by atoms with E-state index in [0.29, 0.717) is 0 Å². The molecule has 39 heavy (non-hydrogen) atoms. The number of aromatic nitrogens is 2. The molecule has 0 spiro atoms. The van der Waals surface area contributed by atoms with Crippen LogP contribution in [0, 0.1) is 11.3 Å². The Hall–Kier alpha value is -5.02. The summed E-state index contributed by atoms with van der Waals surface area (Å²) in [5.41, 5.74) is 2.66. The van der Waals surface area contributed by atoms with Gasteiger partial charge in [-0.05, 0) is 37.3 Å². The van der Waals surface area contributed by atoms with Gasteiger partial charge >= 0.3 is 23.6 Å². The van der Waals surface area contributed by atoms with Crippen LogP contribution in [-0.2, 0) is 29.5 Å². The molecule has 0 bridgehead atoms. The monoisotopic (exact) mass is 532 g/mol. The highest BCUT2D eigenvalue weighted by Crippen LogP contribution is 2.40. The topological polar surface area (TPSA) is 173 Å². The van der Waals surface area contributed by atoms with Gasteiger partial charge in [0.2, 0.25) is 6.10 Å². The minimum atomic E-state index is -2.36. The molecule has 1 fully saturated rings. The molecule has 0 saturated carbocycles. The normalized spacial score (nSPS) is 22.7. The summed E-state index contributed by atoms with van der Waals surface area (Å²) in [6, 6.07) is 19.1. The molecule has 200 valence electrons. The van der Waals surface area contributed by atoms with E-state index < -0.39 is 53.7 Å². The van der Waals surface area contributed by atoms with Crippen molar-refractivity contribution >= 4 is 23.7 Å². The van der Waals surface area contributed by atoms with Crippen molar-refractivity contribution < 1.29 is 33.3 Å². The summed E-state index contributed by atoms with van der Waals surface area (Å²) in [4.78, 5) is 54.5. The molecule has 0 unspecified atom stereocenters. The Morgan fingerprint density at radius 3 is 2.15 bits per heavy atom. The van der Waals surface area contributed by atoms with E-state index in [9.17, 15) is 24.4 Å². The fraction of sp³-hybridized carbons (Fsp3) is 0.259. The Bertz CT molecular complexity index is 1470. The maximum atomic E-state index is 13.1. The first-order valence-corrected chi connectivity index (χ1v) is 11.8. The van der Waals surface area contributed by atoms with Gasteiger partial charge in [-0.1, -0.05) is 36.4 Å². The number of rotatable bonds is 7. The third-order valence-corrected chi connectivity index (χ3v) is 5.98. The number of nitrogens with zero attached hydrogens (tertiary/aromatic N) is 3. The lowest BCUT2D eigenvalue weighted by Gasteiger charge is -2.29. The van der Waals surface area contributed by atoms with Crippen molar-refractivity contribution in [2.45, 2.75) is 44.0 Å². The number of esters is 3. The average Bonchev–Trinajstić information content (AvgIpc) is 3.22. The number of carbonyl (C=O) groups excluding carboxylic acids is 3. The summed E-state index contributed by atoms with van der Waals surface area (Å²) in [7, 11) is 0. The van der Waals surface area contributed by atoms with Gasteiger partial charge in [0.05, 0.1) is 11.1 Å². The first-order valence-electron chi connectivity index (χ1n) is 11.8. The average molecular weight is 533 g/mol. The number of nitrogens with two attached hydrogens (primary N) is 1. The van der Waals surface area contributed by atoms with Crippen molar-refractivity contribution in [1.29, 1.82) is 5.26 Å². The van der Waals surface area contributed by atoms with Gasteiger partial charge in [0.15, 0.2) is 6.10 Å². The van der Waals surface area contributed by atoms with Crippen LogP contribution in [0.15, 0.2) is 77.7 Å². The number of benzene rings is 2. The number of carbonyl (C=O) groups is 3. The lowest BCUT2D eigenvalue weighted by Crippen LogP contribution is -2.52. The number of nitriles is 1. The fourth-order valence-corrected chi connectivity index (χ4v) is 4.20. The van der Waals surface area contributed by atoms with Crippen LogP contribution in [0.25, 0.3) is 0 Å². The molecule has 1 saturated heterocycles. The molecular weight excluding hydrogens is 508 g/mol. The van der Waals surface area contributed by atoms with Crippen molar-refractivity contribution in [2.24, 2.45) is 0 Å². The predicted molar refractivity (Wildman–Crippen MR) is 134 cm³/mol. The second-order valence-electron chi connectivity index (χ2n) is 8.64. The minimum absolute atomic E-state index is 0.125. The van der Waals surface area contributed by atoms with Crippen LogP contribution >= 0.6 is 0 Å². The molecule has 0 aliphatic carbocycles. The largest absolute Gasteiger partial charge is 0.456 e. The Morgan fingerprint density at radius 1 is 1.03 bits per heavy atom. The Labute approximate surface area is 222 Å². The second kappa shape index (κ2) is 11.2. The van der Waals surface area contributed by atoms with E-state index >= 15 is 0 Å². The van der Waals surface area contributed by atoms with E-state index in [0.717, 1.165) is 17.7 Å². The zero-order valence-corrected chi connectivity index (χ0v) is 20.9. The third-order valence-electron chi connectivity index (χ3n) is 5.98. The molecule has 1 aromatic heterocycles. The highest BCUT2D eigenvalue weighted by Gasteiger charge is 2.63. The van der Waals surface area contributed by atoms with Gasteiger partial charge in [0.25, 0.3) is 5.72 Å². The molecule has 2 aromatic carbocycles. The number of nitrogen functional groups attached to an aromatic ring is 1. The van der Waals surface area contributed by atoms with Crippen LogP contribution in [0.5, 0.6) is 0 Å². The van der Waals surface area contributed by atoms with E-state index in [1.807, 2.05) is 6.07 Å². The van der Waals surface area contributed by atoms with E-state index in [4.69, 9.17) is 24.7 Å². The molecule has 2 N–H and O–H groups in total. The molecule has 1 aliphatic heterocycles. The maximum absolute atomic E-state index is 13.1. The standard InChI is InChI=1S/C27H24N4O8/c1-16(36-24(33)18-9-5-3-6-10-18)21-22(38-25(34)19-11-7-4-8-12-19)23(37-17(2)32)27(15-28,39-21)31-14-13-20(29)30-26(31)35/h3-14,16,21-23H,1-2H3,(H2,29,30,35)/t16-,21-,22-,23+,27-/m1/s1. The van der Waals surface area contributed by atoms with Gasteiger partial charge in [-0.25, -0.2) is 14.4 Å². The number of anilines is 1. The zero-order chi connectivity index (χ0) is 28.2. The summed E-state index contributed by atoms with van der Waals surface area (Å²) >= 11 is 0. The number of ether oxygens (including phenoxy) is 4. The Kier molecular flexibility index (Phi) is 7.73. The van der Waals surface area contributed by atoms with Crippen molar-refractivity contribution in [3.8, 4) is 6.07 Å². The molecule has 12 nitrogen and oxygen atoms in total. The van der Waals surface area contributed by atoms with Crippen LogP contribution in [0.4, 0.5) is 5.82 Å². The summed E-state index contributed by atoms with van der Waals surface area (Å²) in [5.74, 6) is -2.52. The zero-order valence-electron chi connectivity index (χ0n) is 20.9. The molecular formula is C27H24N4O8. The third kappa shape index (κ3) is 5.48. The van der Waals surface area contributed by atoms with E-state index in [1.165, 1.54) is 37.3 Å². The van der Waals surface area contributed by atoms with Crippen molar-refractivity contribution in [1.82, 2.24) is 9.55 Å². The fourth-order valence-electron chi connectivity index (χ4n) is 4.20. The van der Waals surface area contributed by atoms with Crippen LogP contribution < -0.4 is 11.4 Å². The van der Waals surface area contributed by atoms with Crippen LogP contribution in [0.3, 0.4) is 0 Å². The summed E-state index contributed by atoms with van der Waals surface area (Å²) in [6.07, 6.45) is -4.54. The molecule has 12 heteroatoms. The second-order valence-corrected chi connectivity index (χ2v) is 8.64. The quantitative estimate of drug-likeness (QED) is 0.347. The minimum Gasteiger partial charge on any atom is -0.456 e. The number of hydrogen-bond acceptors (Lipinski definition) is 11. The molecule has 0 amide bonds. The van der Waals surface area contributed by atoms with Gasteiger partial charge in [-0.3, -0.25) is 9.36 Å². The molecule has 0 radical (unpaired) electrons. The Balaban J connectivity index is 1.79. The van der Waals surface area contributed by atoms with E-state index in [2.05, 4.69) is 4.98 Å². The van der Waals surface area contributed by atoms with Gasteiger partial charge < -0.3 is 24.7 Å². The first-order chi connectivity index (χ1) is 18.7. The summed E-state index contributed by atoms with van der Waals surface area (Å²) in [6.45, 7) is 2.53. The van der Waals surface area contributed by atoms with Crippen LogP contribution in [-0.4, -0.2) is 51.9 Å². The molecule has 3 aromatic rings. The van der Waals surface area contributed by atoms with Crippen molar-refractivity contribution in [3.05, 3.63) is 94.5 Å². The van der Waals surface area contributed by atoms with Gasteiger partial charge in [0, 0.05) is 13.1 Å². The molecule has 5 atom stereocenters. The van der Waals surface area contributed by atoms with Crippen LogP contribution in [0.2, 0.25) is 0 Å². The Morgan fingerprint density at radius 2 is 1.62 bits per heavy atom. The molecule has 2 heterocycles. The summed E-state index contributed by atoms with van der Waals surface area (Å²) < 4.78 is 23.6. The van der Waals surface area contributed by atoms with Crippen molar-refractivity contribution in [2.75, 3.05) is 5.73 Å². The number of hydrogen-bond donors (Lipinski definition) is 1. The maximum Gasteiger partial charge on any atom is 0.352 e. The lowest BCUT2D eigenvalue weighted by atomic mass is 10.00. The van der Waals surface area contributed by atoms with Gasteiger partial charge in [0.1, 0.15) is 24.1 Å². The molecule has 1 aliphatic rings. The van der Waals surface area contributed by atoms with E-state index in [-0.39, 0.29) is 16.9 Å². The van der Waals surface area contributed by atoms with E-state index in [1.54, 1.807) is 36.4 Å².